The van der Waals surface area contributed by atoms with Crippen LogP contribution in [0.4, 0.5) is 0 Å². The van der Waals surface area contributed by atoms with E-state index in [9.17, 15) is 5.11 Å². The lowest BCUT2D eigenvalue weighted by Crippen LogP contribution is -2.35. The molecule has 1 aromatic carbocycles. The standard InChI is InChI=1S/C14H23NOS/c1-12(2)10-17-9-8-14(16,11-15)13-6-4-3-5-7-13/h3-7,12,16H,8-11,15H2,1-2H3. The molecule has 1 rings (SSSR count). The number of thioether (sulfide) groups is 1. The zero-order valence-corrected chi connectivity index (χ0v) is 11.5. The molecule has 2 nitrogen and oxygen atoms in total. The van der Waals surface area contributed by atoms with Gasteiger partial charge in [-0.25, -0.2) is 0 Å². The summed E-state index contributed by atoms with van der Waals surface area (Å²) in [5.41, 5.74) is 5.78. The Labute approximate surface area is 109 Å². The molecule has 17 heavy (non-hydrogen) atoms. The van der Waals surface area contributed by atoms with Crippen molar-refractivity contribution in [2.45, 2.75) is 25.9 Å². The van der Waals surface area contributed by atoms with Gasteiger partial charge in [0, 0.05) is 6.54 Å². The van der Waals surface area contributed by atoms with Crippen LogP contribution in [0.2, 0.25) is 0 Å². The van der Waals surface area contributed by atoms with Crippen LogP contribution in [0, 0.1) is 5.92 Å². The zero-order valence-electron chi connectivity index (χ0n) is 10.7. The molecule has 0 saturated heterocycles. The molecule has 3 N–H and O–H groups in total. The predicted octanol–water partition coefficient (Wildman–Crippen LogP) is 2.61. The van der Waals surface area contributed by atoms with Crippen LogP contribution in [0.25, 0.3) is 0 Å². The molecule has 0 aromatic heterocycles. The van der Waals surface area contributed by atoms with Crippen molar-refractivity contribution in [1.82, 2.24) is 0 Å². The van der Waals surface area contributed by atoms with Gasteiger partial charge < -0.3 is 10.8 Å². The minimum atomic E-state index is -0.870. The van der Waals surface area contributed by atoms with E-state index >= 15 is 0 Å². The molecule has 96 valence electrons. The quantitative estimate of drug-likeness (QED) is 0.734. The first kappa shape index (κ1) is 14.6. The third-order valence-electron chi connectivity index (χ3n) is 2.76. The maximum Gasteiger partial charge on any atom is 0.103 e. The van der Waals surface area contributed by atoms with Crippen molar-refractivity contribution in [1.29, 1.82) is 0 Å². The van der Waals surface area contributed by atoms with Gasteiger partial charge in [-0.1, -0.05) is 44.2 Å². The van der Waals surface area contributed by atoms with Crippen molar-refractivity contribution in [2.75, 3.05) is 18.1 Å². The number of rotatable bonds is 7. The van der Waals surface area contributed by atoms with Gasteiger partial charge >= 0.3 is 0 Å². The molecule has 0 amide bonds. The minimum Gasteiger partial charge on any atom is -0.384 e. The fraction of sp³-hybridized carbons (Fsp3) is 0.571. The second-order valence-corrected chi connectivity index (χ2v) is 5.97. The van der Waals surface area contributed by atoms with Gasteiger partial charge in [0.05, 0.1) is 0 Å². The van der Waals surface area contributed by atoms with Gasteiger partial charge in [-0.05, 0) is 29.4 Å². The lowest BCUT2D eigenvalue weighted by Gasteiger charge is -2.27. The van der Waals surface area contributed by atoms with Crippen molar-refractivity contribution >= 4 is 11.8 Å². The Bertz CT molecular complexity index is 315. The number of benzene rings is 1. The second-order valence-electron chi connectivity index (χ2n) is 4.82. The number of hydrogen-bond donors (Lipinski definition) is 2. The fourth-order valence-corrected chi connectivity index (χ4v) is 2.79. The molecule has 0 bridgehead atoms. The third kappa shape index (κ3) is 4.70. The molecular weight excluding hydrogens is 230 g/mol. The van der Waals surface area contributed by atoms with Crippen molar-refractivity contribution in [2.24, 2.45) is 11.7 Å². The molecule has 0 heterocycles. The van der Waals surface area contributed by atoms with E-state index in [1.165, 1.54) is 0 Å². The first-order valence-corrected chi connectivity index (χ1v) is 7.29. The summed E-state index contributed by atoms with van der Waals surface area (Å²) in [5.74, 6) is 2.78. The van der Waals surface area contributed by atoms with Crippen molar-refractivity contribution in [3.05, 3.63) is 35.9 Å². The van der Waals surface area contributed by atoms with Gasteiger partial charge in [0.1, 0.15) is 5.60 Å². The summed E-state index contributed by atoms with van der Waals surface area (Å²) in [5, 5.41) is 10.5. The normalized spacial score (nSPS) is 14.9. The Morgan fingerprint density at radius 2 is 1.94 bits per heavy atom. The summed E-state index contributed by atoms with van der Waals surface area (Å²) in [6, 6.07) is 9.72. The summed E-state index contributed by atoms with van der Waals surface area (Å²) in [6.07, 6.45) is 0.713. The predicted molar refractivity (Wildman–Crippen MR) is 76.2 cm³/mol. The molecule has 1 aromatic rings. The van der Waals surface area contributed by atoms with Gasteiger partial charge in [0.15, 0.2) is 0 Å². The van der Waals surface area contributed by atoms with Gasteiger partial charge in [-0.2, -0.15) is 11.8 Å². The highest BCUT2D eigenvalue weighted by Gasteiger charge is 2.26. The monoisotopic (exact) mass is 253 g/mol. The van der Waals surface area contributed by atoms with E-state index in [1.807, 2.05) is 42.1 Å². The highest BCUT2D eigenvalue weighted by molar-refractivity contribution is 7.99. The van der Waals surface area contributed by atoms with Crippen LogP contribution in [-0.2, 0) is 5.60 Å². The van der Waals surface area contributed by atoms with E-state index in [-0.39, 0.29) is 6.54 Å². The fourth-order valence-electron chi connectivity index (χ4n) is 1.67. The van der Waals surface area contributed by atoms with Gasteiger partial charge in [-0.3, -0.25) is 0 Å². The van der Waals surface area contributed by atoms with Crippen LogP contribution in [0.5, 0.6) is 0 Å². The molecule has 0 aliphatic carbocycles. The van der Waals surface area contributed by atoms with Crippen LogP contribution >= 0.6 is 11.8 Å². The van der Waals surface area contributed by atoms with Crippen molar-refractivity contribution in [3.8, 4) is 0 Å². The molecule has 1 unspecified atom stereocenters. The first-order valence-electron chi connectivity index (χ1n) is 6.14. The summed E-state index contributed by atoms with van der Waals surface area (Å²) in [4.78, 5) is 0. The number of hydrogen-bond acceptors (Lipinski definition) is 3. The molecule has 0 spiro atoms. The van der Waals surface area contributed by atoms with E-state index < -0.39 is 5.60 Å². The van der Waals surface area contributed by atoms with E-state index in [0.717, 1.165) is 17.1 Å². The number of aliphatic hydroxyl groups is 1. The van der Waals surface area contributed by atoms with Crippen molar-refractivity contribution < 1.29 is 5.11 Å². The Kier molecular flexibility index (Phi) is 6.03. The average molecular weight is 253 g/mol. The van der Waals surface area contributed by atoms with Gasteiger partial charge in [0.25, 0.3) is 0 Å². The van der Waals surface area contributed by atoms with E-state index in [2.05, 4.69) is 13.8 Å². The largest absolute Gasteiger partial charge is 0.384 e. The molecule has 0 aliphatic rings. The smallest absolute Gasteiger partial charge is 0.103 e. The Morgan fingerprint density at radius 1 is 1.29 bits per heavy atom. The highest BCUT2D eigenvalue weighted by Crippen LogP contribution is 2.26. The minimum absolute atomic E-state index is 0.277. The van der Waals surface area contributed by atoms with Crippen LogP contribution in [0.1, 0.15) is 25.8 Å². The molecule has 0 aliphatic heterocycles. The van der Waals surface area contributed by atoms with E-state index in [0.29, 0.717) is 12.3 Å². The maximum absolute atomic E-state index is 10.5. The summed E-state index contributed by atoms with van der Waals surface area (Å²) >= 11 is 1.88. The average Bonchev–Trinajstić information content (AvgIpc) is 2.35. The molecular formula is C14H23NOS. The summed E-state index contributed by atoms with van der Waals surface area (Å²) in [7, 11) is 0. The van der Waals surface area contributed by atoms with E-state index in [1.54, 1.807) is 0 Å². The van der Waals surface area contributed by atoms with Crippen LogP contribution in [-0.4, -0.2) is 23.2 Å². The summed E-state index contributed by atoms with van der Waals surface area (Å²) < 4.78 is 0. The highest BCUT2D eigenvalue weighted by atomic mass is 32.2. The lowest BCUT2D eigenvalue weighted by atomic mass is 9.91. The van der Waals surface area contributed by atoms with Crippen LogP contribution in [0.15, 0.2) is 30.3 Å². The molecule has 0 fully saturated rings. The second kappa shape index (κ2) is 7.04. The Morgan fingerprint density at radius 3 is 2.47 bits per heavy atom. The van der Waals surface area contributed by atoms with Crippen LogP contribution < -0.4 is 5.73 Å². The Balaban J connectivity index is 2.52. The van der Waals surface area contributed by atoms with E-state index in [4.69, 9.17) is 5.73 Å². The maximum atomic E-state index is 10.5. The van der Waals surface area contributed by atoms with Crippen molar-refractivity contribution in [3.63, 3.8) is 0 Å². The summed E-state index contributed by atoms with van der Waals surface area (Å²) in [6.45, 7) is 4.69. The molecule has 1 atom stereocenters. The molecule has 0 radical (unpaired) electrons. The number of nitrogens with two attached hydrogens (primary N) is 1. The third-order valence-corrected chi connectivity index (χ3v) is 4.16. The first-order chi connectivity index (χ1) is 8.08. The van der Waals surface area contributed by atoms with Gasteiger partial charge in [-0.15, -0.1) is 0 Å². The Hall–Kier alpha value is -0.510. The lowest BCUT2D eigenvalue weighted by molar-refractivity contribution is 0.0431. The molecule has 3 heteroatoms. The van der Waals surface area contributed by atoms with Gasteiger partial charge in [0.2, 0.25) is 0 Å². The SMILES string of the molecule is CC(C)CSCCC(O)(CN)c1ccccc1. The topological polar surface area (TPSA) is 46.2 Å². The van der Waals surface area contributed by atoms with Crippen LogP contribution in [0.3, 0.4) is 0 Å². The zero-order chi connectivity index (χ0) is 12.7. The molecule has 0 saturated carbocycles.